The van der Waals surface area contributed by atoms with Gasteiger partial charge in [0.25, 0.3) is 0 Å². The van der Waals surface area contributed by atoms with Crippen molar-refractivity contribution in [1.29, 1.82) is 0 Å². The van der Waals surface area contributed by atoms with E-state index in [-0.39, 0.29) is 0 Å². The number of halogens is 1. The van der Waals surface area contributed by atoms with Crippen LogP contribution in [0.4, 0.5) is 5.69 Å². The molecule has 0 spiro atoms. The molecule has 0 bridgehead atoms. The molecule has 0 amide bonds. The van der Waals surface area contributed by atoms with Gasteiger partial charge in [0, 0.05) is 11.6 Å². The Hall–Kier alpha value is -0.690. The van der Waals surface area contributed by atoms with Crippen molar-refractivity contribution >= 4 is 17.3 Å². The maximum Gasteiger partial charge on any atom is 0.0497 e. The average Bonchev–Trinajstić information content (AvgIpc) is 1.88. The summed E-state index contributed by atoms with van der Waals surface area (Å²) in [4.78, 5) is 0. The van der Waals surface area contributed by atoms with Crippen LogP contribution in [0.5, 0.6) is 0 Å². The van der Waals surface area contributed by atoms with Crippen LogP contribution in [0.25, 0.3) is 0 Å². The standard InChI is InChI=1S/C8H10ClN/c1-6-3-2-4-8(10)7(6)5-9/h2-4H,5,10H2,1H3. The number of aryl methyl sites for hydroxylation is 1. The molecule has 0 aliphatic heterocycles. The number of nitrogen functional groups attached to an aromatic ring is 1. The zero-order chi connectivity index (χ0) is 7.56. The van der Waals surface area contributed by atoms with E-state index in [9.17, 15) is 0 Å². The van der Waals surface area contributed by atoms with Crippen molar-refractivity contribution in [2.24, 2.45) is 0 Å². The van der Waals surface area contributed by atoms with Crippen LogP contribution in [0, 0.1) is 6.92 Å². The van der Waals surface area contributed by atoms with E-state index in [0.717, 1.165) is 16.8 Å². The molecule has 2 heteroatoms. The molecule has 0 radical (unpaired) electrons. The van der Waals surface area contributed by atoms with Crippen molar-refractivity contribution in [3.8, 4) is 0 Å². The number of benzene rings is 1. The molecule has 0 aromatic heterocycles. The van der Waals surface area contributed by atoms with Gasteiger partial charge in [-0.15, -0.1) is 11.6 Å². The lowest BCUT2D eigenvalue weighted by Gasteiger charge is -2.03. The largest absolute Gasteiger partial charge is 0.398 e. The van der Waals surface area contributed by atoms with Crippen molar-refractivity contribution < 1.29 is 0 Å². The second-order valence-electron chi connectivity index (χ2n) is 2.28. The molecule has 0 atom stereocenters. The van der Waals surface area contributed by atoms with Crippen LogP contribution >= 0.6 is 11.6 Å². The van der Waals surface area contributed by atoms with Gasteiger partial charge in [-0.05, 0) is 24.1 Å². The monoisotopic (exact) mass is 155 g/mol. The summed E-state index contributed by atoms with van der Waals surface area (Å²) in [6, 6.07) is 5.81. The normalized spacial score (nSPS) is 9.80. The topological polar surface area (TPSA) is 26.0 Å². The third kappa shape index (κ3) is 1.24. The lowest BCUT2D eigenvalue weighted by Crippen LogP contribution is -1.93. The highest BCUT2D eigenvalue weighted by Crippen LogP contribution is 2.17. The fraction of sp³-hybridized carbons (Fsp3) is 0.250. The highest BCUT2D eigenvalue weighted by Gasteiger charge is 1.98. The first-order valence-corrected chi connectivity index (χ1v) is 3.69. The van der Waals surface area contributed by atoms with E-state index in [1.807, 2.05) is 25.1 Å². The van der Waals surface area contributed by atoms with Gasteiger partial charge < -0.3 is 5.73 Å². The Kier molecular flexibility index (Phi) is 2.17. The van der Waals surface area contributed by atoms with Gasteiger partial charge in [0.2, 0.25) is 0 Å². The summed E-state index contributed by atoms with van der Waals surface area (Å²) >= 11 is 5.66. The molecule has 1 nitrogen and oxygen atoms in total. The van der Waals surface area contributed by atoms with Gasteiger partial charge in [-0.3, -0.25) is 0 Å². The molecular formula is C8H10ClN. The number of hydrogen-bond acceptors (Lipinski definition) is 1. The zero-order valence-corrected chi connectivity index (χ0v) is 6.65. The number of alkyl halides is 1. The van der Waals surface area contributed by atoms with Gasteiger partial charge >= 0.3 is 0 Å². The van der Waals surface area contributed by atoms with Gasteiger partial charge in [-0.2, -0.15) is 0 Å². The minimum absolute atomic E-state index is 0.499. The number of anilines is 1. The average molecular weight is 156 g/mol. The predicted octanol–water partition coefficient (Wildman–Crippen LogP) is 2.32. The number of hydrogen-bond donors (Lipinski definition) is 1. The maximum atomic E-state index is 5.66. The van der Waals surface area contributed by atoms with Crippen molar-refractivity contribution in [3.05, 3.63) is 29.3 Å². The number of nitrogens with two attached hydrogens (primary N) is 1. The molecule has 0 fully saturated rings. The Balaban J connectivity index is 3.17. The molecule has 1 aromatic rings. The van der Waals surface area contributed by atoms with Gasteiger partial charge in [-0.1, -0.05) is 12.1 Å². The van der Waals surface area contributed by atoms with Crippen LogP contribution in [0.15, 0.2) is 18.2 Å². The maximum absolute atomic E-state index is 5.66. The molecule has 54 valence electrons. The summed E-state index contributed by atoms with van der Waals surface area (Å²) < 4.78 is 0. The van der Waals surface area contributed by atoms with E-state index < -0.39 is 0 Å². The second-order valence-corrected chi connectivity index (χ2v) is 2.54. The van der Waals surface area contributed by atoms with Crippen molar-refractivity contribution in [3.63, 3.8) is 0 Å². The van der Waals surface area contributed by atoms with Gasteiger partial charge in [-0.25, -0.2) is 0 Å². The smallest absolute Gasteiger partial charge is 0.0497 e. The first-order valence-electron chi connectivity index (χ1n) is 3.15. The zero-order valence-electron chi connectivity index (χ0n) is 5.89. The highest BCUT2D eigenvalue weighted by molar-refractivity contribution is 6.17. The second kappa shape index (κ2) is 2.93. The molecule has 0 saturated carbocycles. The minimum atomic E-state index is 0.499. The first-order chi connectivity index (χ1) is 4.75. The summed E-state index contributed by atoms with van der Waals surface area (Å²) in [5.41, 5.74) is 8.64. The summed E-state index contributed by atoms with van der Waals surface area (Å²) in [6.07, 6.45) is 0. The molecular weight excluding hydrogens is 146 g/mol. The molecule has 1 rings (SSSR count). The summed E-state index contributed by atoms with van der Waals surface area (Å²) in [7, 11) is 0. The third-order valence-corrected chi connectivity index (χ3v) is 1.85. The molecule has 2 N–H and O–H groups in total. The molecule has 0 heterocycles. The van der Waals surface area contributed by atoms with Gasteiger partial charge in [0.05, 0.1) is 0 Å². The van der Waals surface area contributed by atoms with E-state index in [0.29, 0.717) is 5.88 Å². The summed E-state index contributed by atoms with van der Waals surface area (Å²) in [5, 5.41) is 0. The van der Waals surface area contributed by atoms with E-state index in [4.69, 9.17) is 17.3 Å². The predicted molar refractivity (Wildman–Crippen MR) is 45.1 cm³/mol. The van der Waals surface area contributed by atoms with Crippen LogP contribution in [0.1, 0.15) is 11.1 Å². The lowest BCUT2D eigenvalue weighted by atomic mass is 10.1. The van der Waals surface area contributed by atoms with Crippen LogP contribution < -0.4 is 5.73 Å². The van der Waals surface area contributed by atoms with E-state index in [1.54, 1.807) is 0 Å². The molecule has 0 unspecified atom stereocenters. The Morgan fingerprint density at radius 2 is 2.20 bits per heavy atom. The van der Waals surface area contributed by atoms with Crippen LogP contribution in [0.3, 0.4) is 0 Å². The van der Waals surface area contributed by atoms with Crippen LogP contribution in [0.2, 0.25) is 0 Å². The molecule has 0 saturated heterocycles. The Morgan fingerprint density at radius 1 is 1.50 bits per heavy atom. The van der Waals surface area contributed by atoms with Crippen molar-refractivity contribution in [2.45, 2.75) is 12.8 Å². The van der Waals surface area contributed by atoms with E-state index >= 15 is 0 Å². The number of rotatable bonds is 1. The molecule has 0 aliphatic carbocycles. The van der Waals surface area contributed by atoms with Crippen molar-refractivity contribution in [1.82, 2.24) is 0 Å². The minimum Gasteiger partial charge on any atom is -0.398 e. The SMILES string of the molecule is Cc1cccc(N)c1CCl. The fourth-order valence-electron chi connectivity index (χ4n) is 0.908. The molecule has 10 heavy (non-hydrogen) atoms. The summed E-state index contributed by atoms with van der Waals surface area (Å²) in [5.74, 6) is 0.499. The molecule has 1 aromatic carbocycles. The van der Waals surface area contributed by atoms with Crippen LogP contribution in [-0.2, 0) is 5.88 Å². The highest BCUT2D eigenvalue weighted by atomic mass is 35.5. The Bertz CT molecular complexity index is 212. The first kappa shape index (κ1) is 7.42. The van der Waals surface area contributed by atoms with E-state index in [2.05, 4.69) is 0 Å². The quantitative estimate of drug-likeness (QED) is 0.489. The van der Waals surface area contributed by atoms with E-state index in [1.165, 1.54) is 0 Å². The molecule has 0 aliphatic rings. The third-order valence-electron chi connectivity index (χ3n) is 1.58. The fourth-order valence-corrected chi connectivity index (χ4v) is 1.27. The Morgan fingerprint density at radius 3 is 2.60 bits per heavy atom. The van der Waals surface area contributed by atoms with Crippen molar-refractivity contribution in [2.75, 3.05) is 5.73 Å². The van der Waals surface area contributed by atoms with Gasteiger partial charge in [0.1, 0.15) is 0 Å². The summed E-state index contributed by atoms with van der Waals surface area (Å²) in [6.45, 7) is 2.01. The van der Waals surface area contributed by atoms with Crippen LogP contribution in [-0.4, -0.2) is 0 Å². The lowest BCUT2D eigenvalue weighted by molar-refractivity contribution is 1.31. The van der Waals surface area contributed by atoms with Gasteiger partial charge in [0.15, 0.2) is 0 Å². The Labute approximate surface area is 65.8 Å².